The molecule has 2 heterocycles. The monoisotopic (exact) mass is 270 g/mol. The molecule has 0 bridgehead atoms. The molecule has 5 heteroatoms. The summed E-state index contributed by atoms with van der Waals surface area (Å²) in [4.78, 5) is 12.3. The summed E-state index contributed by atoms with van der Waals surface area (Å²) in [6.45, 7) is 2.96. The number of carbonyl (C=O) groups excluding carboxylic acids is 1. The molecule has 1 aliphatic heterocycles. The highest BCUT2D eigenvalue weighted by molar-refractivity contribution is 5.93. The fourth-order valence-corrected chi connectivity index (χ4v) is 2.63. The van der Waals surface area contributed by atoms with Gasteiger partial charge in [0, 0.05) is 23.5 Å². The molecule has 0 radical (unpaired) electrons. The van der Waals surface area contributed by atoms with Gasteiger partial charge in [-0.3, -0.25) is 9.89 Å². The van der Waals surface area contributed by atoms with Gasteiger partial charge in [-0.25, -0.2) is 0 Å². The molecule has 2 unspecified atom stereocenters. The highest BCUT2D eigenvalue weighted by Gasteiger charge is 2.29. The SMILES string of the molecule is CC1NCCC1C(=O)Nc1cccc(-c2ccn[nH]2)c1. The first-order valence-corrected chi connectivity index (χ1v) is 6.88. The van der Waals surface area contributed by atoms with Crippen molar-refractivity contribution in [3.63, 3.8) is 0 Å². The van der Waals surface area contributed by atoms with Crippen LogP contribution in [0.1, 0.15) is 13.3 Å². The number of carbonyl (C=O) groups is 1. The highest BCUT2D eigenvalue weighted by Crippen LogP contribution is 2.22. The van der Waals surface area contributed by atoms with Crippen LogP contribution in [-0.2, 0) is 4.79 Å². The number of nitrogens with zero attached hydrogens (tertiary/aromatic N) is 1. The van der Waals surface area contributed by atoms with Crippen molar-refractivity contribution in [2.75, 3.05) is 11.9 Å². The van der Waals surface area contributed by atoms with E-state index in [1.165, 1.54) is 0 Å². The molecule has 3 rings (SSSR count). The van der Waals surface area contributed by atoms with Gasteiger partial charge in [0.05, 0.1) is 11.6 Å². The van der Waals surface area contributed by atoms with E-state index in [-0.39, 0.29) is 17.9 Å². The summed E-state index contributed by atoms with van der Waals surface area (Å²) in [5.41, 5.74) is 2.77. The molecule has 1 aliphatic rings. The number of amides is 1. The average molecular weight is 270 g/mol. The lowest BCUT2D eigenvalue weighted by Crippen LogP contribution is -2.32. The quantitative estimate of drug-likeness (QED) is 0.799. The third kappa shape index (κ3) is 2.58. The molecule has 3 N–H and O–H groups in total. The Morgan fingerprint density at radius 3 is 3.00 bits per heavy atom. The highest BCUT2D eigenvalue weighted by atomic mass is 16.1. The van der Waals surface area contributed by atoms with Gasteiger partial charge in [0.15, 0.2) is 0 Å². The lowest BCUT2D eigenvalue weighted by molar-refractivity contribution is -0.119. The zero-order chi connectivity index (χ0) is 13.9. The van der Waals surface area contributed by atoms with E-state index in [0.717, 1.165) is 29.9 Å². The lowest BCUT2D eigenvalue weighted by Gasteiger charge is -2.15. The average Bonchev–Trinajstić information content (AvgIpc) is 3.09. The minimum atomic E-state index is 0.0470. The third-order valence-corrected chi connectivity index (χ3v) is 3.80. The van der Waals surface area contributed by atoms with Gasteiger partial charge in [-0.15, -0.1) is 0 Å². The number of hydrogen-bond donors (Lipinski definition) is 3. The van der Waals surface area contributed by atoms with Crippen molar-refractivity contribution < 1.29 is 4.79 Å². The van der Waals surface area contributed by atoms with E-state index in [2.05, 4.69) is 27.8 Å². The molecular formula is C15H18N4O. The van der Waals surface area contributed by atoms with Gasteiger partial charge < -0.3 is 10.6 Å². The van der Waals surface area contributed by atoms with Crippen molar-refractivity contribution in [3.05, 3.63) is 36.5 Å². The zero-order valence-corrected chi connectivity index (χ0v) is 11.4. The Morgan fingerprint density at radius 1 is 1.40 bits per heavy atom. The largest absolute Gasteiger partial charge is 0.326 e. The maximum Gasteiger partial charge on any atom is 0.229 e. The Hall–Kier alpha value is -2.14. The summed E-state index contributed by atoms with van der Waals surface area (Å²) in [7, 11) is 0. The van der Waals surface area contributed by atoms with Gasteiger partial charge in [0.2, 0.25) is 5.91 Å². The van der Waals surface area contributed by atoms with Crippen LogP contribution in [0.2, 0.25) is 0 Å². The second kappa shape index (κ2) is 5.46. The van der Waals surface area contributed by atoms with Crippen LogP contribution >= 0.6 is 0 Å². The van der Waals surface area contributed by atoms with Crippen LogP contribution in [0.4, 0.5) is 5.69 Å². The second-order valence-electron chi connectivity index (χ2n) is 5.18. The number of anilines is 1. The Balaban J connectivity index is 1.74. The van der Waals surface area contributed by atoms with Gasteiger partial charge in [-0.2, -0.15) is 5.10 Å². The Bertz CT molecular complexity index is 594. The molecule has 0 saturated carbocycles. The van der Waals surface area contributed by atoms with Gasteiger partial charge in [-0.1, -0.05) is 12.1 Å². The standard InChI is InChI=1S/C15H18N4O/c1-10-13(5-7-16-10)15(20)18-12-4-2-3-11(9-12)14-6-8-17-19-14/h2-4,6,8-10,13,16H,5,7H2,1H3,(H,17,19)(H,18,20). The third-order valence-electron chi connectivity index (χ3n) is 3.80. The molecular weight excluding hydrogens is 252 g/mol. The summed E-state index contributed by atoms with van der Waals surface area (Å²) in [5, 5.41) is 13.2. The van der Waals surface area contributed by atoms with Crippen LogP contribution in [0.15, 0.2) is 36.5 Å². The number of H-pyrrole nitrogens is 1. The minimum Gasteiger partial charge on any atom is -0.326 e. The first-order chi connectivity index (χ1) is 9.74. The Morgan fingerprint density at radius 2 is 2.30 bits per heavy atom. The van der Waals surface area contributed by atoms with Crippen molar-refractivity contribution in [1.82, 2.24) is 15.5 Å². The van der Waals surface area contributed by atoms with E-state index in [1.807, 2.05) is 30.3 Å². The van der Waals surface area contributed by atoms with E-state index in [4.69, 9.17) is 0 Å². The molecule has 1 fully saturated rings. The zero-order valence-electron chi connectivity index (χ0n) is 11.4. The molecule has 0 aliphatic carbocycles. The second-order valence-corrected chi connectivity index (χ2v) is 5.18. The van der Waals surface area contributed by atoms with Crippen molar-refractivity contribution in [1.29, 1.82) is 0 Å². The van der Waals surface area contributed by atoms with E-state index >= 15 is 0 Å². The number of benzene rings is 1. The maximum atomic E-state index is 12.3. The first kappa shape index (κ1) is 12.9. The summed E-state index contributed by atoms with van der Waals surface area (Å²) < 4.78 is 0. The maximum absolute atomic E-state index is 12.3. The fraction of sp³-hybridized carbons (Fsp3) is 0.333. The van der Waals surface area contributed by atoms with Crippen molar-refractivity contribution in [2.24, 2.45) is 5.92 Å². The van der Waals surface area contributed by atoms with Crippen LogP contribution in [0.5, 0.6) is 0 Å². The van der Waals surface area contributed by atoms with Crippen LogP contribution in [-0.4, -0.2) is 28.7 Å². The number of aromatic nitrogens is 2. The molecule has 104 valence electrons. The molecule has 1 aromatic heterocycles. The molecule has 1 saturated heterocycles. The van der Waals surface area contributed by atoms with Crippen molar-refractivity contribution in [2.45, 2.75) is 19.4 Å². The summed E-state index contributed by atoms with van der Waals surface area (Å²) in [5.74, 6) is 0.134. The van der Waals surface area contributed by atoms with Gasteiger partial charge in [0.1, 0.15) is 0 Å². The van der Waals surface area contributed by atoms with Crippen LogP contribution < -0.4 is 10.6 Å². The van der Waals surface area contributed by atoms with Gasteiger partial charge in [-0.05, 0) is 38.1 Å². The predicted octanol–water partition coefficient (Wildman–Crippen LogP) is 2.01. The van der Waals surface area contributed by atoms with Crippen LogP contribution in [0.25, 0.3) is 11.3 Å². The molecule has 2 aromatic rings. The smallest absolute Gasteiger partial charge is 0.229 e. The summed E-state index contributed by atoms with van der Waals surface area (Å²) in [6.07, 6.45) is 2.61. The molecule has 20 heavy (non-hydrogen) atoms. The van der Waals surface area contributed by atoms with Gasteiger partial charge >= 0.3 is 0 Å². The lowest BCUT2D eigenvalue weighted by atomic mass is 10.0. The molecule has 0 spiro atoms. The van der Waals surface area contributed by atoms with Gasteiger partial charge in [0.25, 0.3) is 0 Å². The topological polar surface area (TPSA) is 69.8 Å². The van der Waals surface area contributed by atoms with Crippen molar-refractivity contribution in [3.8, 4) is 11.3 Å². The normalized spacial score (nSPS) is 21.9. The summed E-state index contributed by atoms with van der Waals surface area (Å²) >= 11 is 0. The molecule has 1 aromatic carbocycles. The van der Waals surface area contributed by atoms with Crippen molar-refractivity contribution >= 4 is 11.6 Å². The van der Waals surface area contributed by atoms with E-state index in [1.54, 1.807) is 6.20 Å². The van der Waals surface area contributed by atoms with Crippen LogP contribution in [0.3, 0.4) is 0 Å². The molecule has 5 nitrogen and oxygen atoms in total. The molecule has 1 amide bonds. The Labute approximate surface area is 117 Å². The molecule has 2 atom stereocenters. The number of hydrogen-bond acceptors (Lipinski definition) is 3. The Kier molecular flexibility index (Phi) is 3.52. The number of nitrogens with one attached hydrogen (secondary N) is 3. The number of rotatable bonds is 3. The summed E-state index contributed by atoms with van der Waals surface area (Å²) in [6, 6.07) is 9.93. The van der Waals surface area contributed by atoms with E-state index in [0.29, 0.717) is 0 Å². The first-order valence-electron chi connectivity index (χ1n) is 6.88. The van der Waals surface area contributed by atoms with Crippen LogP contribution in [0, 0.1) is 5.92 Å². The predicted molar refractivity (Wildman–Crippen MR) is 78.2 cm³/mol. The van der Waals surface area contributed by atoms with E-state index < -0.39 is 0 Å². The van der Waals surface area contributed by atoms with E-state index in [9.17, 15) is 4.79 Å². The fourth-order valence-electron chi connectivity index (χ4n) is 2.63. The number of aromatic amines is 1. The minimum absolute atomic E-state index is 0.0470.